The number of carbonyl (C=O) groups excluding carboxylic acids is 1. The highest BCUT2D eigenvalue weighted by Crippen LogP contribution is 2.21. The number of nitrogens with one attached hydrogen (secondary N) is 1. The van der Waals surface area contributed by atoms with E-state index in [-0.39, 0.29) is 12.3 Å². The molecule has 0 radical (unpaired) electrons. The first-order valence-electron chi connectivity index (χ1n) is 6.19. The summed E-state index contributed by atoms with van der Waals surface area (Å²) in [6.07, 6.45) is 3.22. The molecular weight excluding hydrogens is 288 g/mol. The third kappa shape index (κ3) is 3.26. The number of nitrogen functional groups attached to an aromatic ring is 1. The summed E-state index contributed by atoms with van der Waals surface area (Å²) in [5, 5.41) is 5.06. The van der Waals surface area contributed by atoms with Crippen molar-refractivity contribution in [1.29, 1.82) is 0 Å². The Morgan fingerprint density at radius 2 is 2.14 bits per heavy atom. The fourth-order valence-corrected chi connectivity index (χ4v) is 2.41. The SMILES string of the molecule is Nc1nc(CC(=O)Nc2ccc(-c3cnco3)cc2)cs1. The number of carbonyl (C=O) groups is 1. The van der Waals surface area contributed by atoms with E-state index in [4.69, 9.17) is 10.2 Å². The van der Waals surface area contributed by atoms with Gasteiger partial charge in [0.2, 0.25) is 5.91 Å². The van der Waals surface area contributed by atoms with E-state index in [1.807, 2.05) is 24.3 Å². The maximum Gasteiger partial charge on any atom is 0.230 e. The molecule has 1 aromatic carbocycles. The Morgan fingerprint density at radius 1 is 1.33 bits per heavy atom. The van der Waals surface area contributed by atoms with Gasteiger partial charge in [0, 0.05) is 16.6 Å². The Balaban J connectivity index is 1.63. The number of benzene rings is 1. The van der Waals surface area contributed by atoms with E-state index < -0.39 is 0 Å². The predicted molar refractivity (Wildman–Crippen MR) is 80.8 cm³/mol. The maximum atomic E-state index is 11.9. The molecule has 0 aliphatic heterocycles. The fraction of sp³-hybridized carbons (Fsp3) is 0.0714. The molecule has 2 heterocycles. The zero-order chi connectivity index (χ0) is 14.7. The molecule has 21 heavy (non-hydrogen) atoms. The van der Waals surface area contributed by atoms with Crippen LogP contribution in [-0.2, 0) is 11.2 Å². The van der Waals surface area contributed by atoms with Gasteiger partial charge in [0.05, 0.1) is 18.3 Å². The Labute approximate surface area is 124 Å². The lowest BCUT2D eigenvalue weighted by Crippen LogP contribution is -2.14. The highest BCUT2D eigenvalue weighted by atomic mass is 32.1. The molecule has 1 amide bonds. The molecular formula is C14H12N4O2S. The van der Waals surface area contributed by atoms with E-state index in [9.17, 15) is 4.79 Å². The van der Waals surface area contributed by atoms with Gasteiger partial charge in [-0.2, -0.15) is 0 Å². The smallest absolute Gasteiger partial charge is 0.230 e. The van der Waals surface area contributed by atoms with E-state index in [0.717, 1.165) is 5.56 Å². The van der Waals surface area contributed by atoms with Crippen molar-refractivity contribution >= 4 is 28.1 Å². The molecule has 0 aliphatic carbocycles. The lowest BCUT2D eigenvalue weighted by molar-refractivity contribution is -0.115. The minimum atomic E-state index is -0.132. The second-order valence-electron chi connectivity index (χ2n) is 4.35. The molecule has 2 aromatic heterocycles. The van der Waals surface area contributed by atoms with Crippen LogP contribution < -0.4 is 11.1 Å². The van der Waals surface area contributed by atoms with E-state index in [2.05, 4.69) is 15.3 Å². The van der Waals surface area contributed by atoms with Gasteiger partial charge >= 0.3 is 0 Å². The van der Waals surface area contributed by atoms with Crippen molar-refractivity contribution in [2.75, 3.05) is 11.1 Å². The lowest BCUT2D eigenvalue weighted by atomic mass is 10.1. The lowest BCUT2D eigenvalue weighted by Gasteiger charge is -2.04. The summed E-state index contributed by atoms with van der Waals surface area (Å²) in [4.78, 5) is 19.8. The minimum Gasteiger partial charge on any atom is -0.444 e. The van der Waals surface area contributed by atoms with Gasteiger partial charge in [0.15, 0.2) is 17.3 Å². The summed E-state index contributed by atoms with van der Waals surface area (Å²) in [5.74, 6) is 0.554. The molecule has 6 nitrogen and oxygen atoms in total. The first kappa shape index (κ1) is 13.3. The Hall–Kier alpha value is -2.67. The van der Waals surface area contributed by atoms with Crippen LogP contribution in [0.4, 0.5) is 10.8 Å². The number of hydrogen-bond donors (Lipinski definition) is 2. The molecule has 0 aliphatic rings. The number of anilines is 2. The maximum absolute atomic E-state index is 11.9. The molecule has 0 atom stereocenters. The van der Waals surface area contributed by atoms with Crippen molar-refractivity contribution in [3.05, 3.63) is 47.9 Å². The van der Waals surface area contributed by atoms with Crippen LogP contribution in [0.3, 0.4) is 0 Å². The number of amides is 1. The third-order valence-electron chi connectivity index (χ3n) is 2.80. The van der Waals surface area contributed by atoms with Crippen molar-refractivity contribution in [2.45, 2.75) is 6.42 Å². The van der Waals surface area contributed by atoms with Gasteiger partial charge in [-0.1, -0.05) is 0 Å². The molecule has 3 aromatic rings. The first-order valence-corrected chi connectivity index (χ1v) is 7.07. The van der Waals surface area contributed by atoms with Crippen LogP contribution in [0, 0.1) is 0 Å². The van der Waals surface area contributed by atoms with E-state index >= 15 is 0 Å². The van der Waals surface area contributed by atoms with Gasteiger partial charge in [-0.25, -0.2) is 9.97 Å². The first-order chi connectivity index (χ1) is 10.2. The molecule has 0 unspecified atom stereocenters. The van der Waals surface area contributed by atoms with E-state index in [1.165, 1.54) is 17.7 Å². The third-order valence-corrected chi connectivity index (χ3v) is 3.52. The second-order valence-corrected chi connectivity index (χ2v) is 5.23. The highest BCUT2D eigenvalue weighted by Gasteiger charge is 2.08. The Morgan fingerprint density at radius 3 is 2.76 bits per heavy atom. The van der Waals surface area contributed by atoms with Crippen LogP contribution in [0.25, 0.3) is 11.3 Å². The summed E-state index contributed by atoms with van der Waals surface area (Å²) in [6.45, 7) is 0. The molecule has 0 saturated carbocycles. The molecule has 0 fully saturated rings. The largest absolute Gasteiger partial charge is 0.444 e. The van der Waals surface area contributed by atoms with E-state index in [0.29, 0.717) is 22.3 Å². The second kappa shape index (κ2) is 5.76. The minimum absolute atomic E-state index is 0.132. The van der Waals surface area contributed by atoms with Crippen LogP contribution in [0.2, 0.25) is 0 Å². The summed E-state index contributed by atoms with van der Waals surface area (Å²) >= 11 is 1.32. The predicted octanol–water partition coefficient (Wildman–Crippen LogP) is 2.56. The molecule has 7 heteroatoms. The summed E-state index contributed by atoms with van der Waals surface area (Å²) in [5.41, 5.74) is 7.82. The topological polar surface area (TPSA) is 94.0 Å². The summed E-state index contributed by atoms with van der Waals surface area (Å²) in [7, 11) is 0. The molecule has 3 rings (SSSR count). The number of rotatable bonds is 4. The fourth-order valence-electron chi connectivity index (χ4n) is 1.85. The van der Waals surface area contributed by atoms with Gasteiger partial charge in [0.1, 0.15) is 0 Å². The summed E-state index contributed by atoms with van der Waals surface area (Å²) < 4.78 is 5.20. The number of oxazole rings is 1. The van der Waals surface area contributed by atoms with Crippen molar-refractivity contribution in [2.24, 2.45) is 0 Å². The van der Waals surface area contributed by atoms with Gasteiger partial charge < -0.3 is 15.5 Å². The Kier molecular flexibility index (Phi) is 3.65. The zero-order valence-electron chi connectivity index (χ0n) is 10.9. The van der Waals surface area contributed by atoms with E-state index in [1.54, 1.807) is 11.6 Å². The van der Waals surface area contributed by atoms with Gasteiger partial charge in [-0.05, 0) is 24.3 Å². The average Bonchev–Trinajstić information content (AvgIpc) is 3.11. The van der Waals surface area contributed by atoms with Crippen molar-refractivity contribution < 1.29 is 9.21 Å². The van der Waals surface area contributed by atoms with Gasteiger partial charge in [-0.15, -0.1) is 11.3 Å². The van der Waals surface area contributed by atoms with Crippen molar-refractivity contribution in [1.82, 2.24) is 9.97 Å². The standard InChI is InChI=1S/C14H12N4O2S/c15-14-18-11(7-21-14)5-13(19)17-10-3-1-9(2-4-10)12-6-16-8-20-12/h1-4,6-8H,5H2,(H2,15,18)(H,17,19). The zero-order valence-corrected chi connectivity index (χ0v) is 11.8. The van der Waals surface area contributed by atoms with Crippen LogP contribution in [-0.4, -0.2) is 15.9 Å². The summed E-state index contributed by atoms with van der Waals surface area (Å²) in [6, 6.07) is 7.34. The quantitative estimate of drug-likeness (QED) is 0.772. The molecule has 106 valence electrons. The molecule has 0 saturated heterocycles. The molecule has 0 spiro atoms. The van der Waals surface area contributed by atoms with Crippen LogP contribution in [0.15, 0.2) is 46.7 Å². The van der Waals surface area contributed by atoms with Crippen molar-refractivity contribution in [3.8, 4) is 11.3 Å². The average molecular weight is 300 g/mol. The van der Waals surface area contributed by atoms with Crippen LogP contribution >= 0.6 is 11.3 Å². The van der Waals surface area contributed by atoms with Gasteiger partial charge in [-0.3, -0.25) is 4.79 Å². The number of thiazole rings is 1. The number of nitrogens with two attached hydrogens (primary N) is 1. The Bertz CT molecular complexity index is 735. The van der Waals surface area contributed by atoms with Crippen LogP contribution in [0.5, 0.6) is 0 Å². The monoisotopic (exact) mass is 300 g/mol. The number of hydrogen-bond acceptors (Lipinski definition) is 6. The van der Waals surface area contributed by atoms with Crippen LogP contribution in [0.1, 0.15) is 5.69 Å². The highest BCUT2D eigenvalue weighted by molar-refractivity contribution is 7.13. The molecule has 0 bridgehead atoms. The molecule has 3 N–H and O–H groups in total. The number of nitrogens with zero attached hydrogens (tertiary/aromatic N) is 2. The number of aromatic nitrogens is 2. The van der Waals surface area contributed by atoms with Crippen molar-refractivity contribution in [3.63, 3.8) is 0 Å². The van der Waals surface area contributed by atoms with Gasteiger partial charge in [0.25, 0.3) is 0 Å². The normalized spacial score (nSPS) is 10.5.